The van der Waals surface area contributed by atoms with Crippen LogP contribution in [0.1, 0.15) is 11.1 Å². The van der Waals surface area contributed by atoms with Gasteiger partial charge in [0.1, 0.15) is 5.75 Å². The molecule has 0 aromatic heterocycles. The Balaban J connectivity index is 2.06. The van der Waals surface area contributed by atoms with Crippen molar-refractivity contribution in [2.75, 3.05) is 7.11 Å². The summed E-state index contributed by atoms with van der Waals surface area (Å²) >= 11 is 0. The van der Waals surface area contributed by atoms with E-state index in [4.69, 9.17) is 4.74 Å². The van der Waals surface area contributed by atoms with E-state index in [0.29, 0.717) is 0 Å². The van der Waals surface area contributed by atoms with Gasteiger partial charge in [-0.15, -0.1) is 0 Å². The third-order valence-corrected chi connectivity index (χ3v) is 4.27. The molecular formula is C21H20O. The fourth-order valence-electron chi connectivity index (χ4n) is 2.83. The Labute approximate surface area is 132 Å². The van der Waals surface area contributed by atoms with E-state index in [1.807, 2.05) is 12.1 Å². The van der Waals surface area contributed by atoms with Gasteiger partial charge in [-0.2, -0.15) is 0 Å². The first-order valence-electron chi connectivity index (χ1n) is 7.51. The zero-order valence-corrected chi connectivity index (χ0v) is 13.3. The SMILES string of the molecule is COc1ccc(-c2ccc(-c3ccccc3)c(C)c2C)cc1. The van der Waals surface area contributed by atoms with E-state index in [1.54, 1.807) is 7.11 Å². The standard InChI is InChI=1S/C21H20O/c1-15-16(2)21(18-9-11-19(22-3)12-10-18)14-13-20(15)17-7-5-4-6-8-17/h4-14H,1-3H3. The second-order valence-corrected chi connectivity index (χ2v) is 5.51. The van der Waals surface area contributed by atoms with Crippen molar-refractivity contribution in [3.63, 3.8) is 0 Å². The smallest absolute Gasteiger partial charge is 0.118 e. The molecule has 0 aliphatic heterocycles. The normalized spacial score (nSPS) is 10.5. The number of hydrogen-bond donors (Lipinski definition) is 0. The lowest BCUT2D eigenvalue weighted by Gasteiger charge is -2.14. The van der Waals surface area contributed by atoms with Gasteiger partial charge in [-0.1, -0.05) is 54.6 Å². The topological polar surface area (TPSA) is 9.23 Å². The van der Waals surface area contributed by atoms with Gasteiger partial charge in [-0.3, -0.25) is 0 Å². The van der Waals surface area contributed by atoms with Crippen LogP contribution in [0.15, 0.2) is 66.7 Å². The van der Waals surface area contributed by atoms with Crippen molar-refractivity contribution in [3.05, 3.63) is 77.9 Å². The van der Waals surface area contributed by atoms with E-state index in [2.05, 4.69) is 68.4 Å². The Morgan fingerprint density at radius 3 is 1.59 bits per heavy atom. The highest BCUT2D eigenvalue weighted by Gasteiger charge is 2.09. The first-order chi connectivity index (χ1) is 10.7. The number of hydrogen-bond acceptors (Lipinski definition) is 1. The van der Waals surface area contributed by atoms with Crippen molar-refractivity contribution < 1.29 is 4.74 Å². The average molecular weight is 288 g/mol. The molecule has 0 spiro atoms. The number of methoxy groups -OCH3 is 1. The molecule has 0 saturated carbocycles. The van der Waals surface area contributed by atoms with Gasteiger partial charge in [-0.25, -0.2) is 0 Å². The maximum Gasteiger partial charge on any atom is 0.118 e. The molecule has 0 aliphatic carbocycles. The van der Waals surface area contributed by atoms with Crippen LogP contribution < -0.4 is 4.74 Å². The maximum atomic E-state index is 5.24. The van der Waals surface area contributed by atoms with Gasteiger partial charge in [0.25, 0.3) is 0 Å². The zero-order valence-electron chi connectivity index (χ0n) is 13.3. The Morgan fingerprint density at radius 1 is 0.591 bits per heavy atom. The van der Waals surface area contributed by atoms with Crippen molar-refractivity contribution in [1.82, 2.24) is 0 Å². The predicted molar refractivity (Wildman–Crippen MR) is 93.3 cm³/mol. The highest BCUT2D eigenvalue weighted by atomic mass is 16.5. The Kier molecular flexibility index (Phi) is 3.97. The molecule has 3 aromatic carbocycles. The molecule has 1 nitrogen and oxygen atoms in total. The molecule has 0 aliphatic rings. The van der Waals surface area contributed by atoms with Crippen LogP contribution >= 0.6 is 0 Å². The van der Waals surface area contributed by atoms with Gasteiger partial charge in [0.15, 0.2) is 0 Å². The van der Waals surface area contributed by atoms with Gasteiger partial charge < -0.3 is 4.74 Å². The molecule has 0 saturated heterocycles. The molecule has 22 heavy (non-hydrogen) atoms. The first-order valence-corrected chi connectivity index (χ1v) is 7.51. The maximum absolute atomic E-state index is 5.24. The third-order valence-electron chi connectivity index (χ3n) is 4.27. The van der Waals surface area contributed by atoms with Gasteiger partial charge >= 0.3 is 0 Å². The fraction of sp³-hybridized carbons (Fsp3) is 0.143. The van der Waals surface area contributed by atoms with E-state index in [1.165, 1.54) is 33.4 Å². The third kappa shape index (κ3) is 2.62. The van der Waals surface area contributed by atoms with Crippen molar-refractivity contribution in [1.29, 1.82) is 0 Å². The largest absolute Gasteiger partial charge is 0.497 e. The summed E-state index contributed by atoms with van der Waals surface area (Å²) in [5, 5.41) is 0. The summed E-state index contributed by atoms with van der Waals surface area (Å²) in [5.41, 5.74) is 7.73. The van der Waals surface area contributed by atoms with Crippen LogP contribution in [0.4, 0.5) is 0 Å². The summed E-state index contributed by atoms with van der Waals surface area (Å²) in [6.07, 6.45) is 0. The van der Waals surface area contributed by atoms with Gasteiger partial charge in [0.2, 0.25) is 0 Å². The summed E-state index contributed by atoms with van der Waals surface area (Å²) in [6.45, 7) is 4.39. The van der Waals surface area contributed by atoms with E-state index in [9.17, 15) is 0 Å². The van der Waals surface area contributed by atoms with E-state index in [0.717, 1.165) is 5.75 Å². The van der Waals surface area contributed by atoms with Crippen LogP contribution in [0.25, 0.3) is 22.3 Å². The zero-order chi connectivity index (χ0) is 15.5. The Hall–Kier alpha value is -2.54. The lowest BCUT2D eigenvalue weighted by molar-refractivity contribution is 0.415. The summed E-state index contributed by atoms with van der Waals surface area (Å²) in [5.74, 6) is 0.888. The molecule has 3 rings (SSSR count). The summed E-state index contributed by atoms with van der Waals surface area (Å²) < 4.78 is 5.24. The average Bonchev–Trinajstić information content (AvgIpc) is 2.58. The van der Waals surface area contributed by atoms with E-state index >= 15 is 0 Å². The van der Waals surface area contributed by atoms with Crippen molar-refractivity contribution in [2.45, 2.75) is 13.8 Å². The van der Waals surface area contributed by atoms with Crippen molar-refractivity contribution in [2.24, 2.45) is 0 Å². The summed E-state index contributed by atoms with van der Waals surface area (Å²) in [6, 6.07) is 23.2. The number of benzene rings is 3. The van der Waals surface area contributed by atoms with Gasteiger partial charge in [0.05, 0.1) is 7.11 Å². The molecule has 0 N–H and O–H groups in total. The predicted octanol–water partition coefficient (Wildman–Crippen LogP) is 5.65. The van der Waals surface area contributed by atoms with Crippen molar-refractivity contribution >= 4 is 0 Å². The van der Waals surface area contributed by atoms with Crippen LogP contribution in [0.3, 0.4) is 0 Å². The quantitative estimate of drug-likeness (QED) is 0.605. The van der Waals surface area contributed by atoms with Crippen molar-refractivity contribution in [3.8, 4) is 28.0 Å². The molecule has 3 aromatic rings. The molecule has 0 radical (unpaired) electrons. The molecule has 110 valence electrons. The highest BCUT2D eigenvalue weighted by molar-refractivity contribution is 5.77. The second kappa shape index (κ2) is 6.07. The second-order valence-electron chi connectivity index (χ2n) is 5.51. The van der Waals surface area contributed by atoms with Gasteiger partial charge in [-0.05, 0) is 59.4 Å². The minimum Gasteiger partial charge on any atom is -0.497 e. The fourth-order valence-corrected chi connectivity index (χ4v) is 2.83. The lowest BCUT2D eigenvalue weighted by atomic mass is 9.91. The van der Waals surface area contributed by atoms with Gasteiger partial charge in [0, 0.05) is 0 Å². The van der Waals surface area contributed by atoms with Crippen LogP contribution in [-0.2, 0) is 0 Å². The molecule has 1 heteroatoms. The molecule has 0 amide bonds. The molecule has 0 heterocycles. The minimum atomic E-state index is 0.888. The molecule has 0 fully saturated rings. The molecule has 0 bridgehead atoms. The highest BCUT2D eigenvalue weighted by Crippen LogP contribution is 2.33. The van der Waals surface area contributed by atoms with Crippen LogP contribution in [0.5, 0.6) is 5.75 Å². The summed E-state index contributed by atoms with van der Waals surface area (Å²) in [4.78, 5) is 0. The van der Waals surface area contributed by atoms with Crippen LogP contribution in [-0.4, -0.2) is 7.11 Å². The molecular weight excluding hydrogens is 268 g/mol. The monoisotopic (exact) mass is 288 g/mol. The lowest BCUT2D eigenvalue weighted by Crippen LogP contribution is -1.92. The van der Waals surface area contributed by atoms with Crippen LogP contribution in [0.2, 0.25) is 0 Å². The van der Waals surface area contributed by atoms with E-state index in [-0.39, 0.29) is 0 Å². The summed E-state index contributed by atoms with van der Waals surface area (Å²) in [7, 11) is 1.69. The van der Waals surface area contributed by atoms with Crippen LogP contribution in [0, 0.1) is 13.8 Å². The minimum absolute atomic E-state index is 0.888. The van der Waals surface area contributed by atoms with E-state index < -0.39 is 0 Å². The molecule has 0 unspecified atom stereocenters. The Bertz CT molecular complexity index is 771. The number of ether oxygens (including phenoxy) is 1. The molecule has 0 atom stereocenters. The number of rotatable bonds is 3. The Morgan fingerprint density at radius 2 is 1.09 bits per heavy atom. The first kappa shape index (κ1) is 14.4.